The molecule has 1 unspecified atom stereocenters. The molecule has 190 valence electrons. The summed E-state index contributed by atoms with van der Waals surface area (Å²) < 4.78 is 12.5. The van der Waals surface area contributed by atoms with Gasteiger partial charge in [0.1, 0.15) is 0 Å². The number of nitrogens with zero attached hydrogens (tertiary/aromatic N) is 3. The summed E-state index contributed by atoms with van der Waals surface area (Å²) in [7, 11) is 1.84. The van der Waals surface area contributed by atoms with Gasteiger partial charge < -0.3 is 24.7 Å². The van der Waals surface area contributed by atoms with E-state index in [-0.39, 0.29) is 36.3 Å². The van der Waals surface area contributed by atoms with Crippen molar-refractivity contribution in [2.75, 3.05) is 17.9 Å². The Morgan fingerprint density at radius 3 is 2.56 bits per heavy atom. The fourth-order valence-corrected chi connectivity index (χ4v) is 4.66. The Morgan fingerprint density at radius 1 is 1.06 bits per heavy atom. The molecule has 2 amide bonds. The van der Waals surface area contributed by atoms with Gasteiger partial charge in [-0.1, -0.05) is 57.7 Å². The number of amides is 2. The minimum absolute atomic E-state index is 0.0551. The Balaban J connectivity index is 1.42. The quantitative estimate of drug-likeness (QED) is 0.408. The zero-order valence-corrected chi connectivity index (χ0v) is 21.9. The van der Waals surface area contributed by atoms with Crippen molar-refractivity contribution in [3.8, 4) is 11.5 Å². The highest BCUT2D eigenvalue weighted by Gasteiger charge is 2.26. The third-order valence-electron chi connectivity index (χ3n) is 5.92. The van der Waals surface area contributed by atoms with Crippen LogP contribution in [-0.2, 0) is 11.8 Å². The highest BCUT2D eigenvalue weighted by atomic mass is 32.2. The molecule has 0 aliphatic carbocycles. The van der Waals surface area contributed by atoms with Gasteiger partial charge in [0.2, 0.25) is 12.7 Å². The van der Waals surface area contributed by atoms with E-state index in [1.54, 1.807) is 18.2 Å². The van der Waals surface area contributed by atoms with Crippen LogP contribution >= 0.6 is 11.8 Å². The van der Waals surface area contributed by atoms with Gasteiger partial charge in [-0.3, -0.25) is 9.59 Å². The molecule has 1 aromatic heterocycles. The molecular weight excluding hydrogens is 478 g/mol. The summed E-state index contributed by atoms with van der Waals surface area (Å²) in [5, 5.41) is 15.3. The largest absolute Gasteiger partial charge is 0.454 e. The van der Waals surface area contributed by atoms with E-state index in [1.807, 2.05) is 49.7 Å². The average molecular weight is 510 g/mol. The zero-order valence-electron chi connectivity index (χ0n) is 21.1. The predicted octanol–water partition coefficient (Wildman–Crippen LogP) is 4.53. The van der Waals surface area contributed by atoms with Crippen molar-refractivity contribution in [2.24, 2.45) is 13.0 Å². The molecule has 1 aliphatic rings. The summed E-state index contributed by atoms with van der Waals surface area (Å²) in [5.41, 5.74) is 2.39. The van der Waals surface area contributed by atoms with Crippen LogP contribution in [0.1, 0.15) is 61.4 Å². The Labute approximate surface area is 215 Å². The maximum absolute atomic E-state index is 13.0. The topological polar surface area (TPSA) is 107 Å². The smallest absolute Gasteiger partial charge is 0.252 e. The molecule has 0 saturated heterocycles. The highest BCUT2D eigenvalue weighted by molar-refractivity contribution is 7.99. The molecule has 0 fully saturated rings. The number of ether oxygens (including phenoxy) is 2. The number of nitrogens with one attached hydrogen (secondary N) is 2. The molecule has 2 heterocycles. The van der Waals surface area contributed by atoms with Crippen LogP contribution in [0.25, 0.3) is 0 Å². The first-order valence-corrected chi connectivity index (χ1v) is 12.8. The zero-order chi connectivity index (χ0) is 25.8. The second kappa shape index (κ2) is 11.0. The van der Waals surface area contributed by atoms with Crippen LogP contribution in [0.2, 0.25) is 0 Å². The second-order valence-corrected chi connectivity index (χ2v) is 10.2. The van der Waals surface area contributed by atoms with Gasteiger partial charge in [0, 0.05) is 18.3 Å². The van der Waals surface area contributed by atoms with Gasteiger partial charge in [-0.05, 0) is 41.7 Å². The number of carbonyl (C=O) groups is 2. The standard InChI is InChI=1S/C26H31N5O4S/c1-15(2)18-8-6-7-9-19(18)27-22(32)13-36-26-30-29-24(31(26)5)23(16(3)4)28-25(33)17-10-11-20-21(12-17)35-14-34-20/h6-12,15-16,23H,13-14H2,1-5H3,(H,27,32)(H,28,33). The van der Waals surface area contributed by atoms with Crippen LogP contribution in [0.15, 0.2) is 47.6 Å². The molecule has 10 heteroatoms. The summed E-state index contributed by atoms with van der Waals surface area (Å²) in [6.45, 7) is 8.35. The monoisotopic (exact) mass is 509 g/mol. The van der Waals surface area contributed by atoms with Crippen molar-refractivity contribution in [2.45, 2.75) is 44.8 Å². The van der Waals surface area contributed by atoms with Gasteiger partial charge in [0.05, 0.1) is 11.8 Å². The molecule has 3 aromatic rings. The molecule has 1 atom stereocenters. The SMILES string of the molecule is CC(C)c1ccccc1NC(=O)CSc1nnc(C(NC(=O)c2ccc3c(c2)OCO3)C(C)C)n1C. The lowest BCUT2D eigenvalue weighted by atomic mass is 10.0. The maximum Gasteiger partial charge on any atom is 0.252 e. The fourth-order valence-electron chi connectivity index (χ4n) is 3.95. The maximum atomic E-state index is 13.0. The van der Waals surface area contributed by atoms with Crippen molar-refractivity contribution in [1.82, 2.24) is 20.1 Å². The molecule has 0 saturated carbocycles. The molecule has 36 heavy (non-hydrogen) atoms. The number of benzene rings is 2. The van der Waals surface area contributed by atoms with E-state index in [9.17, 15) is 9.59 Å². The fraction of sp³-hybridized carbons (Fsp3) is 0.385. The molecule has 4 rings (SSSR count). The Kier molecular flexibility index (Phi) is 7.83. The van der Waals surface area contributed by atoms with Gasteiger partial charge in [-0.25, -0.2) is 0 Å². The summed E-state index contributed by atoms with van der Waals surface area (Å²) in [6.07, 6.45) is 0. The summed E-state index contributed by atoms with van der Waals surface area (Å²) >= 11 is 1.30. The third kappa shape index (κ3) is 5.64. The average Bonchev–Trinajstić information content (AvgIpc) is 3.47. The Morgan fingerprint density at radius 2 is 1.81 bits per heavy atom. The molecule has 0 spiro atoms. The Bertz CT molecular complexity index is 1260. The van der Waals surface area contributed by atoms with E-state index in [4.69, 9.17) is 9.47 Å². The number of anilines is 1. The van der Waals surface area contributed by atoms with Crippen LogP contribution in [0, 0.1) is 5.92 Å². The van der Waals surface area contributed by atoms with E-state index in [1.165, 1.54) is 11.8 Å². The summed E-state index contributed by atoms with van der Waals surface area (Å²) in [4.78, 5) is 25.6. The van der Waals surface area contributed by atoms with Crippen LogP contribution in [0.3, 0.4) is 0 Å². The van der Waals surface area contributed by atoms with Crippen molar-refractivity contribution in [3.63, 3.8) is 0 Å². The molecule has 2 N–H and O–H groups in total. The van der Waals surface area contributed by atoms with Crippen molar-refractivity contribution < 1.29 is 19.1 Å². The number of aromatic nitrogens is 3. The van der Waals surface area contributed by atoms with Gasteiger partial charge in [-0.2, -0.15) is 0 Å². The van der Waals surface area contributed by atoms with E-state index >= 15 is 0 Å². The molecule has 1 aliphatic heterocycles. The first kappa shape index (κ1) is 25.6. The van der Waals surface area contributed by atoms with Crippen molar-refractivity contribution >= 4 is 29.3 Å². The normalized spacial score (nSPS) is 13.2. The van der Waals surface area contributed by atoms with E-state index in [0.717, 1.165) is 11.3 Å². The molecular formula is C26H31N5O4S. The summed E-state index contributed by atoms with van der Waals surface area (Å²) in [6, 6.07) is 12.5. The van der Waals surface area contributed by atoms with Crippen LogP contribution in [0.5, 0.6) is 11.5 Å². The molecule has 0 radical (unpaired) electrons. The minimum atomic E-state index is -0.374. The summed E-state index contributed by atoms with van der Waals surface area (Å²) in [5.74, 6) is 1.98. The first-order valence-electron chi connectivity index (χ1n) is 11.9. The molecule has 9 nitrogen and oxygen atoms in total. The van der Waals surface area contributed by atoms with Gasteiger partial charge in [0.15, 0.2) is 22.5 Å². The number of thioether (sulfide) groups is 1. The molecule has 0 bridgehead atoms. The minimum Gasteiger partial charge on any atom is -0.454 e. The third-order valence-corrected chi connectivity index (χ3v) is 6.94. The lowest BCUT2D eigenvalue weighted by molar-refractivity contribution is -0.113. The van der Waals surface area contributed by atoms with Crippen LogP contribution in [0.4, 0.5) is 5.69 Å². The second-order valence-electron chi connectivity index (χ2n) is 9.24. The highest BCUT2D eigenvalue weighted by Crippen LogP contribution is 2.33. The molecule has 2 aromatic carbocycles. The number of hydrogen-bond acceptors (Lipinski definition) is 7. The number of hydrogen-bond donors (Lipinski definition) is 2. The lowest BCUT2D eigenvalue weighted by Crippen LogP contribution is -2.33. The van der Waals surface area contributed by atoms with E-state index in [0.29, 0.717) is 34.0 Å². The van der Waals surface area contributed by atoms with Gasteiger partial charge >= 0.3 is 0 Å². The number of para-hydroxylation sites is 1. The van der Waals surface area contributed by atoms with Crippen LogP contribution in [-0.4, -0.2) is 39.1 Å². The lowest BCUT2D eigenvalue weighted by Gasteiger charge is -2.21. The van der Waals surface area contributed by atoms with Crippen molar-refractivity contribution in [1.29, 1.82) is 0 Å². The first-order chi connectivity index (χ1) is 17.2. The number of fused-ring (bicyclic) bond motifs is 1. The van der Waals surface area contributed by atoms with Gasteiger partial charge in [-0.15, -0.1) is 10.2 Å². The predicted molar refractivity (Wildman–Crippen MR) is 138 cm³/mol. The number of rotatable bonds is 9. The number of carbonyl (C=O) groups excluding carboxylic acids is 2. The van der Waals surface area contributed by atoms with Crippen molar-refractivity contribution in [3.05, 3.63) is 59.4 Å². The van der Waals surface area contributed by atoms with E-state index < -0.39 is 0 Å². The van der Waals surface area contributed by atoms with Crippen LogP contribution < -0.4 is 20.1 Å². The Hall–Kier alpha value is -3.53. The van der Waals surface area contributed by atoms with E-state index in [2.05, 4.69) is 34.7 Å². The van der Waals surface area contributed by atoms with Gasteiger partial charge in [0.25, 0.3) is 5.91 Å².